The predicted molar refractivity (Wildman–Crippen MR) is 120 cm³/mol. The molecular weight excluding hydrogens is 470 g/mol. The van der Waals surface area contributed by atoms with Gasteiger partial charge in [0, 0.05) is 5.69 Å². The summed E-state index contributed by atoms with van der Waals surface area (Å²) < 4.78 is 0. The lowest BCUT2D eigenvalue weighted by atomic mass is 10.0. The summed E-state index contributed by atoms with van der Waals surface area (Å²) in [6.07, 6.45) is 0.250. The van der Waals surface area contributed by atoms with Gasteiger partial charge < -0.3 is 5.32 Å². The number of amides is 3. The highest BCUT2D eigenvalue weighted by molar-refractivity contribution is 6.55. The van der Waals surface area contributed by atoms with E-state index in [1.807, 2.05) is 26.8 Å². The van der Waals surface area contributed by atoms with E-state index in [1.165, 1.54) is 0 Å². The van der Waals surface area contributed by atoms with Crippen LogP contribution in [-0.4, -0.2) is 28.7 Å². The molecule has 30 heavy (non-hydrogen) atoms. The molecule has 0 spiro atoms. The smallest absolute Gasteiger partial charge is 0.263 e. The van der Waals surface area contributed by atoms with Crippen molar-refractivity contribution in [3.63, 3.8) is 0 Å². The molecule has 0 aromatic heterocycles. The number of halogens is 4. The van der Waals surface area contributed by atoms with Crippen molar-refractivity contribution in [2.24, 2.45) is 5.92 Å². The number of carbonyl (C=O) groups excluding carboxylic acids is 3. The zero-order valence-corrected chi connectivity index (χ0v) is 19.4. The van der Waals surface area contributed by atoms with Crippen molar-refractivity contribution in [2.45, 2.75) is 33.2 Å². The minimum atomic E-state index is -1.07. The van der Waals surface area contributed by atoms with Crippen LogP contribution in [0.4, 0.5) is 5.69 Å². The highest BCUT2D eigenvalue weighted by Gasteiger charge is 2.46. The van der Waals surface area contributed by atoms with E-state index in [0.717, 1.165) is 10.5 Å². The first-order chi connectivity index (χ1) is 14.0. The second-order valence-corrected chi connectivity index (χ2v) is 9.00. The van der Waals surface area contributed by atoms with Gasteiger partial charge in [0.2, 0.25) is 5.91 Å². The maximum Gasteiger partial charge on any atom is 0.263 e. The molecule has 158 valence electrons. The summed E-state index contributed by atoms with van der Waals surface area (Å²) >= 11 is 24.5. The van der Waals surface area contributed by atoms with Gasteiger partial charge in [0.05, 0.1) is 31.2 Å². The van der Waals surface area contributed by atoms with Gasteiger partial charge in [-0.15, -0.1) is 0 Å². The van der Waals surface area contributed by atoms with Crippen molar-refractivity contribution >= 4 is 69.8 Å². The fourth-order valence-electron chi connectivity index (χ4n) is 3.37. The van der Waals surface area contributed by atoms with Crippen LogP contribution < -0.4 is 5.32 Å². The number of nitrogens with zero attached hydrogens (tertiary/aromatic N) is 1. The standard InChI is InChI=1S/C21H18Cl4N2O3/c1-9(2)7-12(19(28)26-11-6-4-5-10(3)8-11)27-20(29)13-14(21(27)30)16(23)18(25)17(24)15(13)22/h4-6,8-9,12H,7H2,1-3H3,(H,26,28). The van der Waals surface area contributed by atoms with Crippen molar-refractivity contribution in [1.82, 2.24) is 4.90 Å². The average molecular weight is 488 g/mol. The molecule has 3 rings (SSSR count). The lowest BCUT2D eigenvalue weighted by Crippen LogP contribution is -2.48. The molecule has 0 saturated heterocycles. The third kappa shape index (κ3) is 4.04. The van der Waals surface area contributed by atoms with Crippen LogP contribution >= 0.6 is 46.4 Å². The number of carbonyl (C=O) groups is 3. The zero-order chi connectivity index (χ0) is 22.3. The Morgan fingerprint density at radius 3 is 1.97 bits per heavy atom. The van der Waals surface area contributed by atoms with Crippen molar-refractivity contribution in [2.75, 3.05) is 5.32 Å². The van der Waals surface area contributed by atoms with E-state index in [1.54, 1.807) is 18.2 Å². The maximum atomic E-state index is 13.2. The van der Waals surface area contributed by atoms with Crippen molar-refractivity contribution in [3.8, 4) is 0 Å². The van der Waals surface area contributed by atoms with E-state index in [2.05, 4.69) is 5.32 Å². The van der Waals surface area contributed by atoms with Gasteiger partial charge in [-0.3, -0.25) is 19.3 Å². The Kier molecular flexibility index (Phi) is 6.68. The number of nitrogens with one attached hydrogen (secondary N) is 1. The third-order valence-electron chi connectivity index (χ3n) is 4.73. The molecule has 2 aromatic carbocycles. The Hall–Kier alpha value is -1.79. The van der Waals surface area contributed by atoms with E-state index in [9.17, 15) is 14.4 Å². The first kappa shape index (κ1) is 22.9. The van der Waals surface area contributed by atoms with Crippen molar-refractivity contribution in [3.05, 3.63) is 61.0 Å². The SMILES string of the molecule is Cc1cccc(NC(=O)C(CC(C)C)N2C(=O)c3c(Cl)c(Cl)c(Cl)c(Cl)c3C2=O)c1. The number of imide groups is 1. The molecule has 1 N–H and O–H groups in total. The van der Waals surface area contributed by atoms with E-state index in [-0.39, 0.29) is 43.6 Å². The quantitative estimate of drug-likeness (QED) is 0.307. The second kappa shape index (κ2) is 8.75. The molecule has 0 fully saturated rings. The highest BCUT2D eigenvalue weighted by atomic mass is 35.5. The molecule has 1 aliphatic heterocycles. The number of fused-ring (bicyclic) bond motifs is 1. The van der Waals surface area contributed by atoms with E-state index >= 15 is 0 Å². The summed E-state index contributed by atoms with van der Waals surface area (Å²) in [6.45, 7) is 5.67. The lowest BCUT2D eigenvalue weighted by molar-refractivity contribution is -0.120. The van der Waals surface area contributed by atoms with Gasteiger partial charge in [-0.2, -0.15) is 0 Å². The van der Waals surface area contributed by atoms with Gasteiger partial charge in [-0.25, -0.2) is 0 Å². The average Bonchev–Trinajstić information content (AvgIpc) is 2.93. The monoisotopic (exact) mass is 486 g/mol. The fourth-order valence-corrected chi connectivity index (χ4v) is 4.39. The molecule has 0 saturated carbocycles. The van der Waals surface area contributed by atoms with Crippen LogP contribution in [0.5, 0.6) is 0 Å². The Morgan fingerprint density at radius 1 is 0.967 bits per heavy atom. The largest absolute Gasteiger partial charge is 0.324 e. The minimum absolute atomic E-state index is 0.0145. The minimum Gasteiger partial charge on any atom is -0.324 e. The number of hydrogen-bond donors (Lipinski definition) is 1. The molecule has 1 aliphatic rings. The normalized spacial score (nSPS) is 14.3. The van der Waals surface area contributed by atoms with E-state index < -0.39 is 23.8 Å². The molecule has 9 heteroatoms. The van der Waals surface area contributed by atoms with Gasteiger partial charge in [-0.05, 0) is 37.0 Å². The van der Waals surface area contributed by atoms with Gasteiger partial charge in [0.1, 0.15) is 6.04 Å². The molecule has 1 unspecified atom stereocenters. The van der Waals surface area contributed by atoms with Gasteiger partial charge >= 0.3 is 0 Å². The lowest BCUT2D eigenvalue weighted by Gasteiger charge is -2.26. The summed E-state index contributed by atoms with van der Waals surface area (Å²) in [5, 5.41) is 2.22. The van der Waals surface area contributed by atoms with Crippen LogP contribution in [0.1, 0.15) is 46.5 Å². The second-order valence-electron chi connectivity index (χ2n) is 7.49. The van der Waals surface area contributed by atoms with Crippen LogP contribution in [0.25, 0.3) is 0 Å². The van der Waals surface area contributed by atoms with Gasteiger partial charge in [-0.1, -0.05) is 72.4 Å². The summed E-state index contributed by atoms with van der Waals surface area (Å²) in [6, 6.07) is 6.15. The summed E-state index contributed by atoms with van der Waals surface area (Å²) in [4.78, 5) is 40.3. The number of rotatable bonds is 5. The number of benzene rings is 2. The molecule has 2 aromatic rings. The molecule has 1 heterocycles. The Balaban J connectivity index is 2.03. The van der Waals surface area contributed by atoms with Gasteiger partial charge in [0.25, 0.3) is 11.8 Å². The van der Waals surface area contributed by atoms with E-state index in [4.69, 9.17) is 46.4 Å². The Labute approximate surface area is 194 Å². The predicted octanol–water partition coefficient (Wildman–Crippen LogP) is 6.26. The first-order valence-electron chi connectivity index (χ1n) is 9.15. The topological polar surface area (TPSA) is 66.5 Å². The summed E-state index contributed by atoms with van der Waals surface area (Å²) in [5.41, 5.74) is 1.24. The Morgan fingerprint density at radius 2 is 1.50 bits per heavy atom. The maximum absolute atomic E-state index is 13.2. The molecule has 3 amide bonds. The zero-order valence-electron chi connectivity index (χ0n) is 16.4. The van der Waals surface area contributed by atoms with Gasteiger partial charge in [0.15, 0.2) is 0 Å². The van der Waals surface area contributed by atoms with Crippen LogP contribution in [0.15, 0.2) is 24.3 Å². The Bertz CT molecular complexity index is 1020. The van der Waals surface area contributed by atoms with Crippen LogP contribution in [-0.2, 0) is 4.79 Å². The van der Waals surface area contributed by atoms with Crippen LogP contribution in [0.2, 0.25) is 20.1 Å². The molecule has 5 nitrogen and oxygen atoms in total. The molecule has 1 atom stereocenters. The van der Waals surface area contributed by atoms with Crippen LogP contribution in [0, 0.1) is 12.8 Å². The highest BCUT2D eigenvalue weighted by Crippen LogP contribution is 2.45. The number of hydrogen-bond acceptors (Lipinski definition) is 3. The molecule has 0 aliphatic carbocycles. The fraction of sp³-hybridized carbons (Fsp3) is 0.286. The van der Waals surface area contributed by atoms with Crippen molar-refractivity contribution in [1.29, 1.82) is 0 Å². The summed E-state index contributed by atoms with van der Waals surface area (Å²) in [5.74, 6) is -1.94. The molecular formula is C21H18Cl4N2O3. The third-order valence-corrected chi connectivity index (χ3v) is 6.53. The van der Waals surface area contributed by atoms with Crippen LogP contribution in [0.3, 0.4) is 0 Å². The first-order valence-corrected chi connectivity index (χ1v) is 10.7. The molecule has 0 radical (unpaired) electrons. The summed E-state index contributed by atoms with van der Waals surface area (Å²) in [7, 11) is 0. The van der Waals surface area contributed by atoms with E-state index in [0.29, 0.717) is 5.69 Å². The van der Waals surface area contributed by atoms with Crippen molar-refractivity contribution < 1.29 is 14.4 Å². The molecule has 0 bridgehead atoms. The number of anilines is 1. The number of aryl methyl sites for hydroxylation is 1.